The van der Waals surface area contributed by atoms with Gasteiger partial charge in [0.15, 0.2) is 0 Å². The average Bonchev–Trinajstić information content (AvgIpc) is 2.38. The van der Waals surface area contributed by atoms with Crippen LogP contribution in [0.25, 0.3) is 0 Å². The van der Waals surface area contributed by atoms with E-state index in [0.29, 0.717) is 11.4 Å². The largest absolute Gasteiger partial charge is 0.495 e. The number of aromatic amines is 2. The molecule has 0 aliphatic carbocycles. The van der Waals surface area contributed by atoms with Gasteiger partial charge < -0.3 is 15.0 Å². The third-order valence-corrected chi connectivity index (χ3v) is 2.67. The Morgan fingerprint density at radius 2 is 2.05 bits per heavy atom. The fourth-order valence-electron chi connectivity index (χ4n) is 1.69. The maximum absolute atomic E-state index is 12.0. The van der Waals surface area contributed by atoms with E-state index in [1.165, 1.54) is 7.11 Å². The molecule has 0 atom stereocenters. The number of hydrogen-bond acceptors (Lipinski definition) is 4. The number of carbonyl (C=O) groups excluding carboxylic acids is 1. The van der Waals surface area contributed by atoms with E-state index in [-0.39, 0.29) is 5.56 Å². The molecule has 7 nitrogen and oxygen atoms in total. The van der Waals surface area contributed by atoms with Gasteiger partial charge in [0, 0.05) is 6.20 Å². The van der Waals surface area contributed by atoms with Crippen LogP contribution in [0, 0.1) is 6.92 Å². The van der Waals surface area contributed by atoms with Crippen LogP contribution < -0.4 is 21.3 Å². The molecule has 7 heteroatoms. The molecule has 2 aromatic rings. The highest BCUT2D eigenvalue weighted by Gasteiger charge is 2.13. The molecule has 0 saturated carbocycles. The van der Waals surface area contributed by atoms with Crippen molar-refractivity contribution < 1.29 is 9.53 Å². The first-order valence-electron chi connectivity index (χ1n) is 5.79. The maximum atomic E-state index is 12.0. The van der Waals surface area contributed by atoms with Crippen LogP contribution in [0.5, 0.6) is 5.75 Å². The Hall–Kier alpha value is -2.83. The van der Waals surface area contributed by atoms with E-state index in [1.807, 2.05) is 18.0 Å². The first-order valence-corrected chi connectivity index (χ1v) is 5.79. The first kappa shape index (κ1) is 13.6. The number of rotatable bonds is 3. The molecule has 0 saturated heterocycles. The molecule has 0 aliphatic heterocycles. The number of ether oxygens (including phenoxy) is 1. The smallest absolute Gasteiger partial charge is 0.325 e. The van der Waals surface area contributed by atoms with Crippen molar-refractivity contribution in [1.29, 1.82) is 0 Å². The van der Waals surface area contributed by atoms with E-state index in [1.54, 1.807) is 12.1 Å². The van der Waals surface area contributed by atoms with Gasteiger partial charge in [-0.15, -0.1) is 0 Å². The Morgan fingerprint density at radius 1 is 1.30 bits per heavy atom. The topological polar surface area (TPSA) is 104 Å². The van der Waals surface area contributed by atoms with E-state index < -0.39 is 17.2 Å². The van der Waals surface area contributed by atoms with E-state index in [4.69, 9.17) is 4.74 Å². The van der Waals surface area contributed by atoms with Crippen molar-refractivity contribution in [2.75, 3.05) is 12.4 Å². The molecule has 0 spiro atoms. The fourth-order valence-corrected chi connectivity index (χ4v) is 1.69. The molecule has 1 aromatic heterocycles. The summed E-state index contributed by atoms with van der Waals surface area (Å²) in [6.07, 6.45) is 1.07. The summed E-state index contributed by atoms with van der Waals surface area (Å²) in [5.74, 6) is -0.156. The van der Waals surface area contributed by atoms with Gasteiger partial charge in [-0.3, -0.25) is 14.6 Å². The molecule has 1 amide bonds. The molecule has 3 N–H and O–H groups in total. The standard InChI is InChI=1S/C13H13N3O4/c1-7-3-4-10(20-2)9(5-7)15-11(17)8-6-14-13(19)16-12(8)18/h3-6H,1-2H3,(H,15,17)(H2,14,16,18,19). The van der Waals surface area contributed by atoms with Crippen LogP contribution in [0.4, 0.5) is 5.69 Å². The summed E-state index contributed by atoms with van der Waals surface area (Å²) in [5, 5.41) is 2.57. The van der Waals surface area contributed by atoms with Crippen LogP contribution >= 0.6 is 0 Å². The number of H-pyrrole nitrogens is 2. The Morgan fingerprint density at radius 3 is 2.70 bits per heavy atom. The van der Waals surface area contributed by atoms with Gasteiger partial charge in [0.2, 0.25) is 0 Å². The number of hydrogen-bond donors (Lipinski definition) is 3. The lowest BCUT2D eigenvalue weighted by Gasteiger charge is -2.10. The maximum Gasteiger partial charge on any atom is 0.325 e. The molecule has 2 rings (SSSR count). The molecule has 0 bridgehead atoms. The Bertz CT molecular complexity index is 761. The van der Waals surface area contributed by atoms with E-state index in [2.05, 4.69) is 10.3 Å². The van der Waals surface area contributed by atoms with Crippen LogP contribution in [-0.2, 0) is 0 Å². The predicted molar refractivity (Wildman–Crippen MR) is 73.4 cm³/mol. The minimum atomic E-state index is -0.752. The van der Waals surface area contributed by atoms with Gasteiger partial charge in [-0.05, 0) is 24.6 Å². The lowest BCUT2D eigenvalue weighted by molar-refractivity contribution is 0.102. The normalized spacial score (nSPS) is 10.1. The van der Waals surface area contributed by atoms with Crippen molar-refractivity contribution in [3.63, 3.8) is 0 Å². The zero-order valence-electron chi connectivity index (χ0n) is 10.9. The van der Waals surface area contributed by atoms with E-state index in [9.17, 15) is 14.4 Å². The highest BCUT2D eigenvalue weighted by atomic mass is 16.5. The van der Waals surface area contributed by atoms with Crippen molar-refractivity contribution in [1.82, 2.24) is 9.97 Å². The quantitative estimate of drug-likeness (QED) is 0.764. The van der Waals surface area contributed by atoms with Crippen molar-refractivity contribution in [2.45, 2.75) is 6.92 Å². The highest BCUT2D eigenvalue weighted by Crippen LogP contribution is 2.25. The van der Waals surface area contributed by atoms with Crippen LogP contribution in [0.15, 0.2) is 34.0 Å². The van der Waals surface area contributed by atoms with Crippen LogP contribution in [0.3, 0.4) is 0 Å². The molecule has 0 radical (unpaired) electrons. The zero-order chi connectivity index (χ0) is 14.7. The summed E-state index contributed by atoms with van der Waals surface area (Å²) >= 11 is 0. The van der Waals surface area contributed by atoms with Crippen LogP contribution in [-0.4, -0.2) is 23.0 Å². The number of benzene rings is 1. The second-order valence-electron chi connectivity index (χ2n) is 4.14. The second kappa shape index (κ2) is 5.43. The Labute approximate surface area is 113 Å². The summed E-state index contributed by atoms with van der Waals surface area (Å²) in [6, 6.07) is 5.26. The van der Waals surface area contributed by atoms with Crippen molar-refractivity contribution in [3.8, 4) is 5.75 Å². The summed E-state index contributed by atoms with van der Waals surface area (Å²) in [4.78, 5) is 38.7. The van der Waals surface area contributed by atoms with Gasteiger partial charge in [0.25, 0.3) is 11.5 Å². The number of anilines is 1. The number of nitrogens with one attached hydrogen (secondary N) is 3. The molecule has 0 unspecified atom stereocenters. The average molecular weight is 275 g/mol. The summed E-state index contributed by atoms with van der Waals surface area (Å²) in [5.41, 5.74) is -0.231. The van der Waals surface area contributed by atoms with Gasteiger partial charge >= 0.3 is 5.69 Å². The monoisotopic (exact) mass is 275 g/mol. The summed E-state index contributed by atoms with van der Waals surface area (Å²) in [6.45, 7) is 1.86. The molecular formula is C13H13N3O4. The lowest BCUT2D eigenvalue weighted by Crippen LogP contribution is -2.29. The molecule has 0 aliphatic rings. The minimum absolute atomic E-state index is 0.187. The lowest BCUT2D eigenvalue weighted by atomic mass is 10.2. The molecular weight excluding hydrogens is 262 g/mol. The SMILES string of the molecule is COc1ccc(C)cc1NC(=O)c1c[nH]c(=O)[nH]c1=O. The van der Waals surface area contributed by atoms with Crippen molar-refractivity contribution >= 4 is 11.6 Å². The van der Waals surface area contributed by atoms with Gasteiger partial charge in [-0.2, -0.15) is 0 Å². The van der Waals surface area contributed by atoms with Gasteiger partial charge in [0.1, 0.15) is 11.3 Å². The molecule has 104 valence electrons. The van der Waals surface area contributed by atoms with Crippen LogP contribution in [0.1, 0.15) is 15.9 Å². The number of methoxy groups -OCH3 is 1. The molecule has 1 aromatic carbocycles. The predicted octanol–water partition coefficient (Wildman–Crippen LogP) is 0.633. The zero-order valence-corrected chi connectivity index (χ0v) is 10.9. The summed E-state index contributed by atoms with van der Waals surface area (Å²) < 4.78 is 5.13. The molecule has 0 fully saturated rings. The van der Waals surface area contributed by atoms with Crippen molar-refractivity contribution in [3.05, 3.63) is 56.4 Å². The van der Waals surface area contributed by atoms with Gasteiger partial charge in [0.05, 0.1) is 12.8 Å². The fraction of sp³-hybridized carbons (Fsp3) is 0.154. The molecule has 1 heterocycles. The number of aryl methyl sites for hydroxylation is 1. The van der Waals surface area contributed by atoms with E-state index >= 15 is 0 Å². The number of carbonyl (C=O) groups is 1. The second-order valence-corrected chi connectivity index (χ2v) is 4.14. The number of amides is 1. The Kier molecular flexibility index (Phi) is 3.69. The molecule has 20 heavy (non-hydrogen) atoms. The third kappa shape index (κ3) is 2.77. The highest BCUT2D eigenvalue weighted by molar-refractivity contribution is 6.04. The first-order chi connectivity index (χ1) is 9.51. The van der Waals surface area contributed by atoms with Gasteiger partial charge in [-0.1, -0.05) is 6.07 Å². The Balaban J connectivity index is 2.34. The van der Waals surface area contributed by atoms with Gasteiger partial charge in [-0.25, -0.2) is 4.79 Å². The summed E-state index contributed by atoms with van der Waals surface area (Å²) in [7, 11) is 1.48. The van der Waals surface area contributed by atoms with Crippen molar-refractivity contribution in [2.24, 2.45) is 0 Å². The third-order valence-electron chi connectivity index (χ3n) is 2.67. The number of aromatic nitrogens is 2. The van der Waals surface area contributed by atoms with E-state index in [0.717, 1.165) is 11.8 Å². The minimum Gasteiger partial charge on any atom is -0.495 e. The van der Waals surface area contributed by atoms with Crippen LogP contribution in [0.2, 0.25) is 0 Å².